The average Bonchev–Trinajstić information content (AvgIpc) is 2.91. The third-order valence-corrected chi connectivity index (χ3v) is 5.10. The molecule has 0 amide bonds. The summed E-state index contributed by atoms with van der Waals surface area (Å²) in [5, 5.41) is 4.48. The third-order valence-electron chi connectivity index (χ3n) is 3.69. The Bertz CT molecular complexity index is 396. The zero-order valence-electron chi connectivity index (χ0n) is 11.9. The second kappa shape index (κ2) is 7.64. The van der Waals surface area contributed by atoms with E-state index < -0.39 is 0 Å². The number of para-hydroxylation sites is 1. The molecule has 1 saturated carbocycles. The highest BCUT2D eigenvalue weighted by Crippen LogP contribution is 2.38. The number of allylic oxidation sites excluding steroid dienone is 1. The van der Waals surface area contributed by atoms with Gasteiger partial charge in [0.05, 0.1) is 0 Å². The van der Waals surface area contributed by atoms with Crippen molar-refractivity contribution in [2.75, 3.05) is 5.32 Å². The number of benzene rings is 1. The first kappa shape index (κ1) is 14.5. The second-order valence-electron chi connectivity index (χ2n) is 5.43. The average molecular weight is 275 g/mol. The molecule has 0 spiro atoms. The van der Waals surface area contributed by atoms with Crippen LogP contribution >= 0.6 is 11.8 Å². The van der Waals surface area contributed by atoms with E-state index in [9.17, 15) is 0 Å². The van der Waals surface area contributed by atoms with Crippen LogP contribution < -0.4 is 5.32 Å². The normalized spacial score (nSPS) is 17.3. The molecule has 1 aromatic rings. The summed E-state index contributed by atoms with van der Waals surface area (Å²) in [6.07, 6.45) is 9.79. The van der Waals surface area contributed by atoms with Crippen molar-refractivity contribution in [3.63, 3.8) is 0 Å². The number of nitrogens with one attached hydrogen (secondary N) is 1. The highest BCUT2D eigenvalue weighted by molar-refractivity contribution is 8.00. The summed E-state index contributed by atoms with van der Waals surface area (Å²) in [7, 11) is 0. The predicted octanol–water partition coefficient (Wildman–Crippen LogP) is 5.49. The van der Waals surface area contributed by atoms with Gasteiger partial charge in [-0.25, -0.2) is 0 Å². The van der Waals surface area contributed by atoms with Crippen molar-refractivity contribution < 1.29 is 0 Å². The third kappa shape index (κ3) is 4.61. The summed E-state index contributed by atoms with van der Waals surface area (Å²) >= 11 is 2.06. The second-order valence-corrected chi connectivity index (χ2v) is 6.77. The standard InChI is InChI=1S/C17H25NS/c1-3-4-9-14(2)18-16-12-7-8-13-17(16)19-15-10-5-6-11-15/h3,7-8,12-15,18H,1,4-6,9-11H2,2H3. The zero-order valence-corrected chi connectivity index (χ0v) is 12.7. The van der Waals surface area contributed by atoms with E-state index >= 15 is 0 Å². The van der Waals surface area contributed by atoms with Gasteiger partial charge in [-0.2, -0.15) is 0 Å². The van der Waals surface area contributed by atoms with Crippen LogP contribution in [0.1, 0.15) is 45.4 Å². The van der Waals surface area contributed by atoms with Gasteiger partial charge in [-0.3, -0.25) is 0 Å². The first-order valence-electron chi connectivity index (χ1n) is 7.42. The van der Waals surface area contributed by atoms with Crippen LogP contribution in [0.25, 0.3) is 0 Å². The maximum Gasteiger partial charge on any atom is 0.0480 e. The summed E-state index contributed by atoms with van der Waals surface area (Å²) in [6, 6.07) is 9.24. The van der Waals surface area contributed by atoms with Gasteiger partial charge >= 0.3 is 0 Å². The molecule has 1 fully saturated rings. The van der Waals surface area contributed by atoms with Gasteiger partial charge in [0, 0.05) is 21.9 Å². The van der Waals surface area contributed by atoms with Crippen LogP contribution in [0.3, 0.4) is 0 Å². The topological polar surface area (TPSA) is 12.0 Å². The Morgan fingerprint density at radius 1 is 1.37 bits per heavy atom. The lowest BCUT2D eigenvalue weighted by Crippen LogP contribution is -2.15. The van der Waals surface area contributed by atoms with Crippen LogP contribution in [0, 0.1) is 0 Å². The summed E-state index contributed by atoms with van der Waals surface area (Å²) < 4.78 is 0. The monoisotopic (exact) mass is 275 g/mol. The first-order chi connectivity index (χ1) is 9.29. The molecule has 0 aromatic heterocycles. The molecule has 0 heterocycles. The Balaban J connectivity index is 1.96. The first-order valence-corrected chi connectivity index (χ1v) is 8.30. The smallest absolute Gasteiger partial charge is 0.0480 e. The highest BCUT2D eigenvalue weighted by atomic mass is 32.2. The van der Waals surface area contributed by atoms with E-state index in [1.807, 2.05) is 6.08 Å². The Morgan fingerprint density at radius 3 is 2.84 bits per heavy atom. The van der Waals surface area contributed by atoms with Crippen molar-refractivity contribution in [1.82, 2.24) is 0 Å². The van der Waals surface area contributed by atoms with Crippen LogP contribution in [0.5, 0.6) is 0 Å². The molecule has 2 heteroatoms. The molecule has 1 aliphatic carbocycles. The SMILES string of the molecule is C=CCCC(C)Nc1ccccc1SC1CCCC1. The van der Waals surface area contributed by atoms with E-state index in [4.69, 9.17) is 0 Å². The van der Waals surface area contributed by atoms with Gasteiger partial charge in [0.25, 0.3) is 0 Å². The molecule has 1 unspecified atom stereocenters. The summed E-state index contributed by atoms with van der Waals surface area (Å²) in [4.78, 5) is 1.42. The van der Waals surface area contributed by atoms with Crippen molar-refractivity contribution in [2.24, 2.45) is 0 Å². The fourth-order valence-electron chi connectivity index (χ4n) is 2.58. The van der Waals surface area contributed by atoms with Gasteiger partial charge in [-0.05, 0) is 44.7 Å². The van der Waals surface area contributed by atoms with E-state index in [1.54, 1.807) is 0 Å². The Labute approximate surface area is 121 Å². The minimum Gasteiger partial charge on any atom is -0.382 e. The lowest BCUT2D eigenvalue weighted by atomic mass is 10.1. The zero-order chi connectivity index (χ0) is 13.5. The van der Waals surface area contributed by atoms with Crippen LogP contribution in [-0.2, 0) is 0 Å². The molecule has 1 nitrogen and oxygen atoms in total. The Hall–Kier alpha value is -0.890. The molecule has 1 aromatic carbocycles. The van der Waals surface area contributed by atoms with Crippen molar-refractivity contribution in [3.05, 3.63) is 36.9 Å². The molecule has 104 valence electrons. The number of hydrogen-bond donors (Lipinski definition) is 1. The molecular weight excluding hydrogens is 250 g/mol. The molecule has 1 N–H and O–H groups in total. The molecule has 0 aliphatic heterocycles. The van der Waals surface area contributed by atoms with Crippen LogP contribution in [0.2, 0.25) is 0 Å². The van der Waals surface area contributed by atoms with Crippen molar-refractivity contribution in [1.29, 1.82) is 0 Å². The van der Waals surface area contributed by atoms with Gasteiger partial charge in [-0.15, -0.1) is 18.3 Å². The van der Waals surface area contributed by atoms with Crippen molar-refractivity contribution in [3.8, 4) is 0 Å². The van der Waals surface area contributed by atoms with Gasteiger partial charge in [0.1, 0.15) is 0 Å². The molecular formula is C17H25NS. The summed E-state index contributed by atoms with van der Waals surface area (Å²) in [5.74, 6) is 0. The van der Waals surface area contributed by atoms with Gasteiger partial charge < -0.3 is 5.32 Å². The molecule has 0 bridgehead atoms. The lowest BCUT2D eigenvalue weighted by molar-refractivity contribution is 0.717. The number of thioether (sulfide) groups is 1. The molecule has 19 heavy (non-hydrogen) atoms. The Kier molecular flexibility index (Phi) is 5.84. The van der Waals surface area contributed by atoms with Gasteiger partial charge in [0.2, 0.25) is 0 Å². The van der Waals surface area contributed by atoms with E-state index in [2.05, 4.69) is 54.8 Å². The van der Waals surface area contributed by atoms with E-state index in [0.717, 1.165) is 18.1 Å². The molecule has 1 atom stereocenters. The van der Waals surface area contributed by atoms with Gasteiger partial charge in [0.15, 0.2) is 0 Å². The number of rotatable bonds is 7. The highest BCUT2D eigenvalue weighted by Gasteiger charge is 2.17. The predicted molar refractivity (Wildman–Crippen MR) is 87.1 cm³/mol. The quantitative estimate of drug-likeness (QED) is 0.660. The lowest BCUT2D eigenvalue weighted by Gasteiger charge is -2.19. The van der Waals surface area contributed by atoms with Gasteiger partial charge in [-0.1, -0.05) is 31.1 Å². The maximum atomic E-state index is 3.79. The largest absolute Gasteiger partial charge is 0.382 e. The van der Waals surface area contributed by atoms with Crippen LogP contribution in [0.4, 0.5) is 5.69 Å². The van der Waals surface area contributed by atoms with E-state index in [1.165, 1.54) is 36.3 Å². The maximum absolute atomic E-state index is 3.79. The number of anilines is 1. The molecule has 0 radical (unpaired) electrons. The van der Waals surface area contributed by atoms with Crippen LogP contribution in [-0.4, -0.2) is 11.3 Å². The molecule has 2 rings (SSSR count). The van der Waals surface area contributed by atoms with E-state index in [-0.39, 0.29) is 0 Å². The minimum atomic E-state index is 0.503. The van der Waals surface area contributed by atoms with Crippen molar-refractivity contribution >= 4 is 17.4 Å². The Morgan fingerprint density at radius 2 is 2.11 bits per heavy atom. The summed E-state index contributed by atoms with van der Waals surface area (Å²) in [5.41, 5.74) is 1.30. The molecule has 1 aliphatic rings. The summed E-state index contributed by atoms with van der Waals surface area (Å²) in [6.45, 7) is 6.04. The fraction of sp³-hybridized carbons (Fsp3) is 0.529. The fourth-order valence-corrected chi connectivity index (χ4v) is 3.92. The van der Waals surface area contributed by atoms with Crippen LogP contribution in [0.15, 0.2) is 41.8 Å². The minimum absolute atomic E-state index is 0.503. The molecule has 0 saturated heterocycles. The number of hydrogen-bond acceptors (Lipinski definition) is 2. The van der Waals surface area contributed by atoms with Crippen molar-refractivity contribution in [2.45, 2.75) is 61.6 Å². The van der Waals surface area contributed by atoms with E-state index in [0.29, 0.717) is 6.04 Å².